The maximum absolute atomic E-state index is 12.9. The van der Waals surface area contributed by atoms with Crippen LogP contribution in [0.15, 0.2) is 42.0 Å². The van der Waals surface area contributed by atoms with E-state index in [4.69, 9.17) is 19.3 Å². The Labute approximate surface area is 221 Å². The van der Waals surface area contributed by atoms with Gasteiger partial charge in [0.25, 0.3) is 0 Å². The van der Waals surface area contributed by atoms with Gasteiger partial charge in [-0.2, -0.15) is 0 Å². The van der Waals surface area contributed by atoms with Gasteiger partial charge in [-0.05, 0) is 44.7 Å². The van der Waals surface area contributed by atoms with Crippen LogP contribution in [0.1, 0.15) is 78.2 Å². The predicted octanol–water partition coefficient (Wildman–Crippen LogP) is 4.59. The number of rotatable bonds is 12. The van der Waals surface area contributed by atoms with Crippen molar-refractivity contribution in [1.29, 1.82) is 0 Å². The first-order valence-corrected chi connectivity index (χ1v) is 12.4. The zero-order valence-electron chi connectivity index (χ0n) is 22.1. The number of fused-ring (bicyclic) bond motifs is 1. The molecule has 2 N–H and O–H groups in total. The summed E-state index contributed by atoms with van der Waals surface area (Å²) in [5.41, 5.74) is 3.71. The van der Waals surface area contributed by atoms with E-state index in [-0.39, 0.29) is 55.6 Å². The Morgan fingerprint density at radius 1 is 1.11 bits per heavy atom. The summed E-state index contributed by atoms with van der Waals surface area (Å²) in [5.74, 6) is -1.97. The van der Waals surface area contributed by atoms with Crippen LogP contribution in [0.2, 0.25) is 0 Å². The Bertz CT molecular complexity index is 1250. The molecule has 0 bridgehead atoms. The first-order valence-electron chi connectivity index (χ1n) is 12.4. The molecule has 202 valence electrons. The van der Waals surface area contributed by atoms with Gasteiger partial charge in [-0.25, -0.2) is 4.79 Å². The maximum Gasteiger partial charge on any atom is 0.342 e. The molecule has 3 rings (SSSR count). The zero-order chi connectivity index (χ0) is 27.8. The number of carboxylic acid groups (broad SMARTS) is 1. The molecule has 1 aliphatic heterocycles. The quantitative estimate of drug-likeness (QED) is 0.235. The van der Waals surface area contributed by atoms with Gasteiger partial charge in [0, 0.05) is 24.0 Å². The highest BCUT2D eigenvalue weighted by Crippen LogP contribution is 2.43. The molecule has 2 aromatic carbocycles. The van der Waals surface area contributed by atoms with E-state index in [2.05, 4.69) is 5.32 Å². The molecule has 0 fully saturated rings. The van der Waals surface area contributed by atoms with Crippen molar-refractivity contribution in [2.75, 3.05) is 7.11 Å². The number of aliphatic carboxylic acids is 1. The second-order valence-corrected chi connectivity index (χ2v) is 9.22. The predicted molar refractivity (Wildman–Crippen MR) is 139 cm³/mol. The zero-order valence-corrected chi connectivity index (χ0v) is 22.1. The number of carbonyl (C=O) groups is 4. The molecule has 0 saturated carbocycles. The van der Waals surface area contributed by atoms with Crippen molar-refractivity contribution >= 4 is 23.8 Å². The largest absolute Gasteiger partial charge is 0.496 e. The van der Waals surface area contributed by atoms with Gasteiger partial charge >= 0.3 is 17.9 Å². The van der Waals surface area contributed by atoms with Crippen LogP contribution in [0, 0.1) is 6.92 Å². The number of ether oxygens (including phenoxy) is 3. The Hall–Kier alpha value is -4.14. The highest BCUT2D eigenvalue weighted by Gasteiger charge is 2.34. The van der Waals surface area contributed by atoms with Gasteiger partial charge in [0.2, 0.25) is 5.91 Å². The lowest BCUT2D eigenvalue weighted by molar-refractivity contribution is -0.137. The molecule has 38 heavy (non-hydrogen) atoms. The summed E-state index contributed by atoms with van der Waals surface area (Å²) >= 11 is 0. The lowest BCUT2D eigenvalue weighted by Crippen LogP contribution is -2.27. The number of methoxy groups -OCH3 is 1. The Morgan fingerprint density at radius 3 is 2.47 bits per heavy atom. The van der Waals surface area contributed by atoms with Crippen LogP contribution in [0.5, 0.6) is 11.5 Å². The summed E-state index contributed by atoms with van der Waals surface area (Å²) in [6.07, 6.45) is 2.13. The highest BCUT2D eigenvalue weighted by molar-refractivity contribution is 5.99. The Balaban J connectivity index is 1.79. The number of allylic oxidation sites excluding steroid dienone is 2. The van der Waals surface area contributed by atoms with Crippen molar-refractivity contribution in [2.24, 2.45) is 0 Å². The molecular weight excluding hydrogens is 490 g/mol. The fraction of sp³-hybridized carbons (Fsp3) is 0.379. The normalized spacial score (nSPS) is 13.4. The van der Waals surface area contributed by atoms with E-state index in [9.17, 15) is 19.2 Å². The number of hydrogen-bond donors (Lipinski definition) is 2. The van der Waals surface area contributed by atoms with E-state index in [0.29, 0.717) is 28.9 Å². The van der Waals surface area contributed by atoms with Crippen molar-refractivity contribution in [3.8, 4) is 11.5 Å². The smallest absolute Gasteiger partial charge is 0.342 e. The van der Waals surface area contributed by atoms with Crippen molar-refractivity contribution < 1.29 is 38.5 Å². The second-order valence-electron chi connectivity index (χ2n) is 9.22. The molecule has 1 amide bonds. The van der Waals surface area contributed by atoms with Crippen molar-refractivity contribution in [3.63, 3.8) is 0 Å². The number of hydrogen-bond acceptors (Lipinski definition) is 7. The molecule has 0 saturated heterocycles. The van der Waals surface area contributed by atoms with Crippen LogP contribution in [0.3, 0.4) is 0 Å². The van der Waals surface area contributed by atoms with Crippen LogP contribution in [0.4, 0.5) is 0 Å². The van der Waals surface area contributed by atoms with E-state index >= 15 is 0 Å². The van der Waals surface area contributed by atoms with Gasteiger partial charge < -0.3 is 24.6 Å². The number of cyclic esters (lactones) is 1. The topological polar surface area (TPSA) is 128 Å². The third-order valence-corrected chi connectivity index (χ3v) is 6.46. The average molecular weight is 524 g/mol. The Morgan fingerprint density at radius 2 is 1.82 bits per heavy atom. The first kappa shape index (κ1) is 28.4. The van der Waals surface area contributed by atoms with E-state index in [1.165, 1.54) is 7.11 Å². The van der Waals surface area contributed by atoms with Gasteiger partial charge in [-0.1, -0.05) is 42.0 Å². The molecule has 0 aliphatic carbocycles. The lowest BCUT2D eigenvalue weighted by atomic mass is 9.94. The lowest BCUT2D eigenvalue weighted by Gasteiger charge is -2.19. The maximum atomic E-state index is 12.9. The fourth-order valence-corrected chi connectivity index (χ4v) is 4.32. The molecule has 0 spiro atoms. The van der Waals surface area contributed by atoms with Crippen LogP contribution < -0.4 is 14.8 Å². The molecule has 0 aromatic heterocycles. The van der Waals surface area contributed by atoms with E-state index < -0.39 is 17.9 Å². The SMILES string of the molecule is COc1c(C)c2c(c(OC(=O)CCC(=O)N[C@H](C)c3ccccc3)c1C/C=C(\C)CCC(=O)O)C(=O)OC2. The highest BCUT2D eigenvalue weighted by atomic mass is 16.6. The number of nitrogens with one attached hydrogen (secondary N) is 1. The number of esters is 2. The summed E-state index contributed by atoms with van der Waals surface area (Å²) in [6.45, 7) is 5.50. The summed E-state index contributed by atoms with van der Waals surface area (Å²) in [7, 11) is 1.49. The monoisotopic (exact) mass is 523 g/mol. The standard InChI is InChI=1S/C29H33NO8/c1-17(11-14-24(32)33)10-12-21-27(36-4)18(2)22-16-37-29(35)26(22)28(21)38-25(34)15-13-23(31)30-19(3)20-8-6-5-7-9-20/h5-10,19H,11-16H2,1-4H3,(H,30,31)(H,32,33)/b17-10+/t19-/m1/s1. The molecule has 0 unspecified atom stereocenters. The Kier molecular flexibility index (Phi) is 9.65. The number of carboxylic acids is 1. The third kappa shape index (κ3) is 7.00. The van der Waals surface area contributed by atoms with Crippen LogP contribution >= 0.6 is 0 Å². The summed E-state index contributed by atoms with van der Waals surface area (Å²) in [6, 6.07) is 9.25. The van der Waals surface area contributed by atoms with Gasteiger partial charge in [-0.3, -0.25) is 14.4 Å². The number of carbonyl (C=O) groups excluding carboxylic acids is 3. The van der Waals surface area contributed by atoms with E-state index in [0.717, 1.165) is 11.1 Å². The molecule has 9 nitrogen and oxygen atoms in total. The van der Waals surface area contributed by atoms with Gasteiger partial charge in [0.05, 0.1) is 19.6 Å². The molecule has 0 radical (unpaired) electrons. The summed E-state index contributed by atoms with van der Waals surface area (Å²) < 4.78 is 16.6. The van der Waals surface area contributed by atoms with E-state index in [1.54, 1.807) is 6.92 Å². The van der Waals surface area contributed by atoms with Gasteiger partial charge in [-0.15, -0.1) is 0 Å². The molecule has 2 aromatic rings. The average Bonchev–Trinajstić information content (AvgIpc) is 3.29. The van der Waals surface area contributed by atoms with Gasteiger partial charge in [0.15, 0.2) is 5.75 Å². The number of benzene rings is 2. The first-order chi connectivity index (χ1) is 18.1. The fourth-order valence-electron chi connectivity index (χ4n) is 4.32. The second kappa shape index (κ2) is 12.9. The molecule has 9 heteroatoms. The summed E-state index contributed by atoms with van der Waals surface area (Å²) in [5, 5.41) is 11.8. The minimum Gasteiger partial charge on any atom is -0.496 e. The van der Waals surface area contributed by atoms with Crippen LogP contribution in [-0.4, -0.2) is 36.0 Å². The van der Waals surface area contributed by atoms with Crippen LogP contribution in [0.25, 0.3) is 0 Å². The third-order valence-electron chi connectivity index (χ3n) is 6.46. The van der Waals surface area contributed by atoms with Gasteiger partial charge in [0.1, 0.15) is 17.9 Å². The molecular formula is C29H33NO8. The van der Waals surface area contributed by atoms with Crippen molar-refractivity contribution in [1.82, 2.24) is 5.32 Å². The molecule has 1 heterocycles. The van der Waals surface area contributed by atoms with Crippen molar-refractivity contribution in [2.45, 2.75) is 65.5 Å². The number of amides is 1. The minimum atomic E-state index is -0.900. The summed E-state index contributed by atoms with van der Waals surface area (Å²) in [4.78, 5) is 48.8. The molecule has 1 aliphatic rings. The van der Waals surface area contributed by atoms with E-state index in [1.807, 2.05) is 50.3 Å². The molecule has 1 atom stereocenters. The minimum absolute atomic E-state index is 0.0121. The van der Waals surface area contributed by atoms with Crippen LogP contribution in [-0.2, 0) is 32.1 Å². The van der Waals surface area contributed by atoms with Crippen molar-refractivity contribution in [3.05, 3.63) is 69.8 Å².